The Morgan fingerprint density at radius 2 is 1.72 bits per heavy atom. The number of esters is 1. The van der Waals surface area contributed by atoms with E-state index in [0.29, 0.717) is 17.7 Å². The molecule has 0 aliphatic carbocycles. The maximum atomic E-state index is 14.7. The number of nitrogens with zero attached hydrogens (tertiary/aromatic N) is 3. The number of hydrazone groups is 1. The predicted molar refractivity (Wildman–Crippen MR) is 161 cm³/mol. The second-order valence-corrected chi connectivity index (χ2v) is 11.2. The van der Waals surface area contributed by atoms with Crippen molar-refractivity contribution in [3.63, 3.8) is 0 Å². The molecule has 5 rings (SSSR count). The zero-order valence-electron chi connectivity index (χ0n) is 23.9. The van der Waals surface area contributed by atoms with Crippen molar-refractivity contribution in [3.05, 3.63) is 106 Å². The number of benzene rings is 3. The number of hydrogen-bond acceptors (Lipinski definition) is 10. The van der Waals surface area contributed by atoms with Gasteiger partial charge in [-0.05, 0) is 37.3 Å². The molecule has 16 heteroatoms. The van der Waals surface area contributed by atoms with Crippen LogP contribution in [0.15, 0.2) is 65.1 Å². The minimum atomic E-state index is -1.43. The monoisotopic (exact) mass is 674 g/mol. The minimum Gasteiger partial charge on any atom is -0.492 e. The standard InChI is InChI=1S/C30H22F4N4O6S2/c1-3-43-29(41)21-14-45-30(35-21)36-23(39)13-44-22-6-4-5-18(25(22)42-2)28-38(27(40)24-19(33)11-17(32)12-20(24)34)37-26(46-28)15-7-9-16(31)10-8-15/h4-12,14,28H,3,13H2,1-2H3,(H,35,36,39). The molecule has 4 aromatic rings. The van der Waals surface area contributed by atoms with Gasteiger partial charge in [0.05, 0.1) is 13.7 Å². The second-order valence-electron chi connectivity index (χ2n) is 9.25. The molecule has 2 amide bonds. The Hall–Kier alpha value is -4.96. The third-order valence-corrected chi connectivity index (χ3v) is 8.21. The lowest BCUT2D eigenvalue weighted by Crippen LogP contribution is -2.28. The summed E-state index contributed by atoms with van der Waals surface area (Å²) >= 11 is 2.01. The van der Waals surface area contributed by atoms with E-state index in [0.717, 1.165) is 28.1 Å². The van der Waals surface area contributed by atoms with Gasteiger partial charge < -0.3 is 14.2 Å². The molecular weight excluding hydrogens is 652 g/mol. The van der Waals surface area contributed by atoms with Gasteiger partial charge >= 0.3 is 5.97 Å². The number of aromatic nitrogens is 1. The molecule has 1 atom stereocenters. The van der Waals surface area contributed by atoms with Crippen LogP contribution in [0, 0.1) is 23.3 Å². The van der Waals surface area contributed by atoms with Crippen LogP contribution in [0.3, 0.4) is 0 Å². The van der Waals surface area contributed by atoms with Crippen molar-refractivity contribution in [1.82, 2.24) is 9.99 Å². The normalized spacial score (nSPS) is 14.1. The lowest BCUT2D eigenvalue weighted by Gasteiger charge is -2.24. The molecular formula is C30H22F4N4O6S2. The minimum absolute atomic E-state index is 0.0354. The number of hydrogen-bond donors (Lipinski definition) is 1. The number of thiazole rings is 1. The van der Waals surface area contributed by atoms with Gasteiger partial charge in [-0.15, -0.1) is 11.3 Å². The van der Waals surface area contributed by atoms with Crippen molar-refractivity contribution in [2.75, 3.05) is 25.6 Å². The number of carbonyl (C=O) groups is 3. The van der Waals surface area contributed by atoms with Gasteiger partial charge in [-0.25, -0.2) is 32.3 Å². The maximum Gasteiger partial charge on any atom is 0.357 e. The number of amides is 2. The van der Waals surface area contributed by atoms with Crippen LogP contribution in [0.4, 0.5) is 22.7 Å². The van der Waals surface area contributed by atoms with Gasteiger partial charge in [0, 0.05) is 28.6 Å². The summed E-state index contributed by atoms with van der Waals surface area (Å²) in [5.74, 6) is -6.91. The van der Waals surface area contributed by atoms with Crippen LogP contribution in [-0.2, 0) is 9.53 Å². The van der Waals surface area contributed by atoms with E-state index in [2.05, 4.69) is 15.4 Å². The molecule has 0 saturated carbocycles. The topological polar surface area (TPSA) is 119 Å². The highest BCUT2D eigenvalue weighted by molar-refractivity contribution is 8.14. The van der Waals surface area contributed by atoms with E-state index in [9.17, 15) is 31.9 Å². The summed E-state index contributed by atoms with van der Waals surface area (Å²) < 4.78 is 72.8. The van der Waals surface area contributed by atoms with Crippen LogP contribution in [-0.4, -0.2) is 53.1 Å². The number of anilines is 1. The fraction of sp³-hybridized carbons (Fsp3) is 0.167. The highest BCUT2D eigenvalue weighted by atomic mass is 32.2. The average molecular weight is 675 g/mol. The summed E-state index contributed by atoms with van der Waals surface area (Å²) in [6, 6.07) is 10.5. The van der Waals surface area contributed by atoms with Gasteiger partial charge in [0.1, 0.15) is 39.2 Å². The number of ether oxygens (including phenoxy) is 3. The van der Waals surface area contributed by atoms with Gasteiger partial charge in [-0.2, -0.15) is 5.10 Å². The molecule has 1 aliphatic heterocycles. The smallest absolute Gasteiger partial charge is 0.357 e. The Morgan fingerprint density at radius 1 is 1.00 bits per heavy atom. The molecule has 0 spiro atoms. The first-order valence-electron chi connectivity index (χ1n) is 13.3. The molecule has 1 aromatic heterocycles. The molecule has 1 N–H and O–H groups in total. The van der Waals surface area contributed by atoms with E-state index in [1.165, 1.54) is 48.9 Å². The Bertz CT molecular complexity index is 1810. The lowest BCUT2D eigenvalue weighted by atomic mass is 10.1. The molecule has 0 saturated heterocycles. The van der Waals surface area contributed by atoms with Gasteiger partial charge in [-0.3, -0.25) is 14.9 Å². The number of methoxy groups -OCH3 is 1. The predicted octanol–water partition coefficient (Wildman–Crippen LogP) is 6.15. The highest BCUT2D eigenvalue weighted by Gasteiger charge is 2.39. The molecule has 0 radical (unpaired) electrons. The van der Waals surface area contributed by atoms with E-state index in [-0.39, 0.29) is 39.5 Å². The number of para-hydroxylation sites is 1. The molecule has 10 nitrogen and oxygen atoms in total. The molecule has 238 valence electrons. The number of halogens is 4. The van der Waals surface area contributed by atoms with E-state index in [1.807, 2.05) is 0 Å². The first kappa shape index (κ1) is 32.4. The van der Waals surface area contributed by atoms with Gasteiger partial charge in [0.2, 0.25) is 0 Å². The fourth-order valence-corrected chi connectivity index (χ4v) is 6.11. The summed E-state index contributed by atoms with van der Waals surface area (Å²) in [6.07, 6.45) is 0. The van der Waals surface area contributed by atoms with Crippen LogP contribution in [0.2, 0.25) is 0 Å². The molecule has 2 heterocycles. The van der Waals surface area contributed by atoms with Crippen LogP contribution < -0.4 is 14.8 Å². The van der Waals surface area contributed by atoms with E-state index < -0.39 is 58.6 Å². The summed E-state index contributed by atoms with van der Waals surface area (Å²) in [7, 11) is 1.31. The Labute approximate surface area is 267 Å². The van der Waals surface area contributed by atoms with Crippen LogP contribution in [0.1, 0.15) is 44.3 Å². The van der Waals surface area contributed by atoms with Crippen LogP contribution >= 0.6 is 23.1 Å². The van der Waals surface area contributed by atoms with Gasteiger partial charge in [-0.1, -0.05) is 23.9 Å². The summed E-state index contributed by atoms with van der Waals surface area (Å²) in [6.45, 7) is 1.30. The first-order chi connectivity index (χ1) is 22.1. The van der Waals surface area contributed by atoms with Crippen molar-refractivity contribution in [1.29, 1.82) is 0 Å². The highest BCUT2D eigenvalue weighted by Crippen LogP contribution is 2.47. The van der Waals surface area contributed by atoms with Crippen molar-refractivity contribution in [2.45, 2.75) is 12.3 Å². The summed E-state index contributed by atoms with van der Waals surface area (Å²) in [5, 5.41) is 8.29. The van der Waals surface area contributed by atoms with Crippen LogP contribution in [0.5, 0.6) is 11.5 Å². The Kier molecular flexibility index (Phi) is 9.87. The van der Waals surface area contributed by atoms with Gasteiger partial charge in [0.25, 0.3) is 11.8 Å². The van der Waals surface area contributed by atoms with Crippen molar-refractivity contribution in [2.24, 2.45) is 5.10 Å². The van der Waals surface area contributed by atoms with Crippen molar-refractivity contribution in [3.8, 4) is 11.5 Å². The van der Waals surface area contributed by atoms with E-state index in [1.54, 1.807) is 13.0 Å². The van der Waals surface area contributed by atoms with E-state index in [4.69, 9.17) is 14.2 Å². The number of carbonyl (C=O) groups excluding carboxylic acids is 3. The number of thioether (sulfide) groups is 1. The second kappa shape index (κ2) is 14.0. The average Bonchev–Trinajstić information content (AvgIpc) is 3.68. The van der Waals surface area contributed by atoms with Crippen molar-refractivity contribution >= 4 is 51.1 Å². The third-order valence-electron chi connectivity index (χ3n) is 6.24. The van der Waals surface area contributed by atoms with Crippen molar-refractivity contribution < 1.29 is 46.2 Å². The molecule has 3 aromatic carbocycles. The first-order valence-corrected chi connectivity index (χ1v) is 15.1. The Morgan fingerprint density at radius 3 is 2.39 bits per heavy atom. The third kappa shape index (κ3) is 6.97. The number of nitrogens with one attached hydrogen (secondary N) is 1. The summed E-state index contributed by atoms with van der Waals surface area (Å²) in [5.41, 5.74) is -0.328. The molecule has 0 bridgehead atoms. The molecule has 0 fully saturated rings. The SMILES string of the molecule is CCOC(=O)c1csc(NC(=O)COc2cccc(C3SC(c4ccc(F)cc4)=NN3C(=O)c3c(F)cc(F)cc3F)c2OC)n1. The number of rotatable bonds is 10. The van der Waals surface area contributed by atoms with Gasteiger partial charge in [0.15, 0.2) is 28.9 Å². The molecule has 1 unspecified atom stereocenters. The molecule has 46 heavy (non-hydrogen) atoms. The van der Waals surface area contributed by atoms with E-state index >= 15 is 0 Å². The Balaban J connectivity index is 1.42. The zero-order chi connectivity index (χ0) is 33.0. The fourth-order valence-electron chi connectivity index (χ4n) is 4.24. The zero-order valence-corrected chi connectivity index (χ0v) is 25.5. The summed E-state index contributed by atoms with van der Waals surface area (Å²) in [4.78, 5) is 42.0. The lowest BCUT2D eigenvalue weighted by molar-refractivity contribution is -0.118. The van der Waals surface area contributed by atoms with Crippen LogP contribution in [0.25, 0.3) is 0 Å². The maximum absolute atomic E-state index is 14.7. The largest absolute Gasteiger partial charge is 0.492 e. The quantitative estimate of drug-likeness (QED) is 0.157. The molecule has 1 aliphatic rings.